The summed E-state index contributed by atoms with van der Waals surface area (Å²) in [7, 11) is 0. The number of nitrogens with zero attached hydrogens (tertiary/aromatic N) is 3. The minimum absolute atomic E-state index is 0.0271. The fourth-order valence-electron chi connectivity index (χ4n) is 2.04. The first kappa shape index (κ1) is 14.9. The van der Waals surface area contributed by atoms with Gasteiger partial charge in [-0.2, -0.15) is 5.10 Å². The van der Waals surface area contributed by atoms with Gasteiger partial charge in [0.1, 0.15) is 0 Å². The highest BCUT2D eigenvalue weighted by molar-refractivity contribution is 8.01. The normalized spacial score (nSPS) is 13.2. The molecule has 0 radical (unpaired) electrons. The second-order valence-corrected chi connectivity index (χ2v) is 5.88. The van der Waals surface area contributed by atoms with Gasteiger partial charge in [-0.1, -0.05) is 18.2 Å². The first-order valence-electron chi connectivity index (χ1n) is 6.49. The van der Waals surface area contributed by atoms with Crippen molar-refractivity contribution in [2.75, 3.05) is 6.61 Å². The van der Waals surface area contributed by atoms with Crippen LogP contribution in [0.25, 0.3) is 0 Å². The molecule has 0 aliphatic carbocycles. The first-order chi connectivity index (χ1) is 9.55. The second-order valence-electron chi connectivity index (χ2n) is 4.89. The summed E-state index contributed by atoms with van der Waals surface area (Å²) in [6.07, 6.45) is 3.96. The van der Waals surface area contributed by atoms with Gasteiger partial charge in [0, 0.05) is 41.6 Å². The van der Waals surface area contributed by atoms with E-state index in [0.29, 0.717) is 13.1 Å². The lowest BCUT2D eigenvalue weighted by atomic mass is 10.3. The lowest BCUT2D eigenvalue weighted by molar-refractivity contribution is -0.132. The quantitative estimate of drug-likeness (QED) is 0.845. The Morgan fingerprint density at radius 3 is 2.85 bits per heavy atom. The molecule has 108 valence electrons. The molecule has 0 fully saturated rings. The zero-order valence-electron chi connectivity index (χ0n) is 11.8. The maximum absolute atomic E-state index is 11.7. The Hall–Kier alpha value is -1.53. The fourth-order valence-corrected chi connectivity index (χ4v) is 2.82. The molecule has 2 heterocycles. The van der Waals surface area contributed by atoms with Crippen LogP contribution in [0.15, 0.2) is 29.3 Å². The van der Waals surface area contributed by atoms with Crippen LogP contribution in [0.5, 0.6) is 0 Å². The van der Waals surface area contributed by atoms with Crippen molar-refractivity contribution in [1.82, 2.24) is 14.1 Å². The molecule has 0 saturated carbocycles. The van der Waals surface area contributed by atoms with E-state index < -0.39 is 0 Å². The molecule has 2 rings (SSSR count). The van der Waals surface area contributed by atoms with Gasteiger partial charge >= 0.3 is 0 Å². The summed E-state index contributed by atoms with van der Waals surface area (Å²) in [5.74, 6) is -0.0271. The van der Waals surface area contributed by atoms with Crippen LogP contribution in [0.1, 0.15) is 31.5 Å². The summed E-state index contributed by atoms with van der Waals surface area (Å²) in [5.41, 5.74) is 3.20. The number of amides is 1. The van der Waals surface area contributed by atoms with Crippen molar-refractivity contribution in [3.63, 3.8) is 0 Å². The molecule has 1 aliphatic heterocycles. The summed E-state index contributed by atoms with van der Waals surface area (Å²) in [6.45, 7) is 8.88. The lowest BCUT2D eigenvalue weighted by Crippen LogP contribution is -2.26. The Morgan fingerprint density at radius 2 is 2.30 bits per heavy atom. The van der Waals surface area contributed by atoms with Gasteiger partial charge in [-0.25, -0.2) is 4.09 Å². The van der Waals surface area contributed by atoms with Crippen LogP contribution in [-0.2, 0) is 17.9 Å². The second kappa shape index (κ2) is 6.28. The van der Waals surface area contributed by atoms with Crippen LogP contribution in [-0.4, -0.2) is 31.7 Å². The van der Waals surface area contributed by atoms with E-state index >= 15 is 0 Å². The third-order valence-electron chi connectivity index (χ3n) is 3.11. The van der Waals surface area contributed by atoms with Gasteiger partial charge in [0.25, 0.3) is 0 Å². The van der Waals surface area contributed by atoms with E-state index in [2.05, 4.69) is 11.7 Å². The molecule has 0 spiro atoms. The Kier molecular flexibility index (Phi) is 4.67. The van der Waals surface area contributed by atoms with Crippen molar-refractivity contribution in [2.24, 2.45) is 0 Å². The molecule has 20 heavy (non-hydrogen) atoms. The molecular formula is C14H19N3O2S. The molecule has 1 aromatic rings. The molecule has 0 bridgehead atoms. The zero-order chi connectivity index (χ0) is 14.7. The monoisotopic (exact) mass is 293 g/mol. The van der Waals surface area contributed by atoms with Crippen molar-refractivity contribution in [1.29, 1.82) is 0 Å². The summed E-state index contributed by atoms with van der Waals surface area (Å²) < 4.78 is 1.82. The van der Waals surface area contributed by atoms with E-state index in [0.717, 1.165) is 16.2 Å². The minimum Gasteiger partial charge on any atom is -0.396 e. The molecule has 0 saturated heterocycles. The van der Waals surface area contributed by atoms with E-state index in [-0.39, 0.29) is 18.9 Å². The largest absolute Gasteiger partial charge is 0.396 e. The number of carbonyl (C=O) groups is 1. The predicted octanol–water partition coefficient (Wildman–Crippen LogP) is 2.08. The van der Waals surface area contributed by atoms with Gasteiger partial charge in [-0.05, 0) is 13.8 Å². The van der Waals surface area contributed by atoms with E-state index in [1.54, 1.807) is 4.90 Å². The van der Waals surface area contributed by atoms with Crippen LogP contribution in [0, 0.1) is 0 Å². The van der Waals surface area contributed by atoms with Crippen LogP contribution in [0.4, 0.5) is 0 Å². The van der Waals surface area contributed by atoms with E-state index in [4.69, 9.17) is 5.11 Å². The Balaban J connectivity index is 2.05. The molecule has 1 N–H and O–H groups in total. The van der Waals surface area contributed by atoms with Crippen LogP contribution in [0.3, 0.4) is 0 Å². The zero-order valence-corrected chi connectivity index (χ0v) is 12.6. The molecule has 1 aliphatic rings. The van der Waals surface area contributed by atoms with Crippen molar-refractivity contribution < 1.29 is 9.90 Å². The molecule has 0 unspecified atom stereocenters. The average molecular weight is 293 g/mol. The highest BCUT2D eigenvalue weighted by atomic mass is 32.2. The molecule has 5 nitrogen and oxygen atoms in total. The van der Waals surface area contributed by atoms with E-state index in [1.807, 2.05) is 30.2 Å². The molecule has 1 aromatic heterocycles. The van der Waals surface area contributed by atoms with Crippen LogP contribution >= 0.6 is 11.9 Å². The molecule has 6 heteroatoms. The van der Waals surface area contributed by atoms with E-state index in [1.165, 1.54) is 17.5 Å². The van der Waals surface area contributed by atoms with Crippen molar-refractivity contribution in [3.8, 4) is 0 Å². The summed E-state index contributed by atoms with van der Waals surface area (Å²) in [4.78, 5) is 14.5. The number of aliphatic hydroxyl groups excluding tert-OH is 1. The van der Waals surface area contributed by atoms with Gasteiger partial charge in [-0.3, -0.25) is 4.79 Å². The average Bonchev–Trinajstić information content (AvgIpc) is 2.93. The lowest BCUT2D eigenvalue weighted by Gasteiger charge is -2.14. The van der Waals surface area contributed by atoms with Crippen molar-refractivity contribution >= 4 is 17.9 Å². The molecule has 0 aromatic carbocycles. The third-order valence-corrected chi connectivity index (χ3v) is 4.25. The number of allylic oxidation sites excluding steroid dienone is 2. The number of aromatic nitrogens is 2. The van der Waals surface area contributed by atoms with Gasteiger partial charge in [0.2, 0.25) is 5.91 Å². The summed E-state index contributed by atoms with van der Waals surface area (Å²) >= 11 is 1.52. The number of rotatable bonds is 5. The smallest absolute Gasteiger partial charge is 0.225 e. The number of aliphatic hydroxyl groups is 1. The Bertz CT molecular complexity index is 535. The van der Waals surface area contributed by atoms with Crippen molar-refractivity contribution in [2.45, 2.75) is 33.4 Å². The maximum Gasteiger partial charge on any atom is 0.225 e. The molecule has 0 atom stereocenters. The van der Waals surface area contributed by atoms with E-state index in [9.17, 15) is 4.79 Å². The summed E-state index contributed by atoms with van der Waals surface area (Å²) in [6, 6.07) is 0. The predicted molar refractivity (Wildman–Crippen MR) is 79.7 cm³/mol. The maximum atomic E-state index is 11.7. The molecule has 1 amide bonds. The van der Waals surface area contributed by atoms with Gasteiger partial charge in [0.05, 0.1) is 18.8 Å². The number of hydrogen-bond acceptors (Lipinski definition) is 4. The summed E-state index contributed by atoms with van der Waals surface area (Å²) in [5, 5.41) is 13.3. The van der Waals surface area contributed by atoms with Crippen molar-refractivity contribution in [3.05, 3.63) is 40.6 Å². The number of fused-ring (bicyclic) bond motifs is 1. The standard InChI is InChI=1S/C14H19N3O2S/c1-4-13(10(2)3)20-17-8-11-7-16(9-12(11)15-17)14(19)5-6-18/h4,8,18H,1,5-7,9H2,2-3H3. The Labute approximate surface area is 123 Å². The third kappa shape index (κ3) is 3.13. The number of hydrogen-bond donors (Lipinski definition) is 1. The highest BCUT2D eigenvalue weighted by Gasteiger charge is 2.26. The fraction of sp³-hybridized carbons (Fsp3) is 0.429. The van der Waals surface area contributed by atoms with Gasteiger partial charge in [-0.15, -0.1) is 0 Å². The van der Waals surface area contributed by atoms with Crippen LogP contribution < -0.4 is 0 Å². The highest BCUT2D eigenvalue weighted by Crippen LogP contribution is 2.27. The van der Waals surface area contributed by atoms with Gasteiger partial charge < -0.3 is 10.0 Å². The molecular weight excluding hydrogens is 274 g/mol. The minimum atomic E-state index is -0.105. The van der Waals surface area contributed by atoms with Crippen LogP contribution in [0.2, 0.25) is 0 Å². The topological polar surface area (TPSA) is 58.4 Å². The SMILES string of the molecule is C=CC(Sn1cc2c(n1)CN(C(=O)CCO)C2)=C(C)C. The number of carbonyl (C=O) groups excluding carboxylic acids is 1. The van der Waals surface area contributed by atoms with Gasteiger partial charge in [0.15, 0.2) is 0 Å². The first-order valence-corrected chi connectivity index (χ1v) is 7.26. The Morgan fingerprint density at radius 1 is 1.55 bits per heavy atom.